The highest BCUT2D eigenvalue weighted by Gasteiger charge is 2.17. The van der Waals surface area contributed by atoms with Gasteiger partial charge in [0.1, 0.15) is 11.5 Å². The largest absolute Gasteiger partial charge is 0.425 e. The standard InChI is InChI=1S/C28H38O6/c1-5-7-9-19-31-21(3)27(29)33-25-15-11-23(12-16-25)24-13-17-26(18-14-24)34-28(30)22(4)32-20-10-8-6-2/h11-18,21-22H,5-10,19-20H2,1-4H3. The van der Waals surface area contributed by atoms with Gasteiger partial charge in [0.05, 0.1) is 0 Å². The Morgan fingerprint density at radius 1 is 0.618 bits per heavy atom. The van der Waals surface area contributed by atoms with Crippen molar-refractivity contribution in [2.24, 2.45) is 0 Å². The van der Waals surface area contributed by atoms with E-state index in [4.69, 9.17) is 18.9 Å². The minimum atomic E-state index is -0.601. The number of carbonyl (C=O) groups is 2. The van der Waals surface area contributed by atoms with Gasteiger partial charge in [-0.1, -0.05) is 63.8 Å². The van der Waals surface area contributed by atoms with Gasteiger partial charge >= 0.3 is 11.9 Å². The number of rotatable bonds is 15. The molecule has 0 saturated carbocycles. The van der Waals surface area contributed by atoms with Crippen LogP contribution in [0.15, 0.2) is 48.5 Å². The summed E-state index contributed by atoms with van der Waals surface area (Å²) in [7, 11) is 0. The minimum absolute atomic E-state index is 0.404. The van der Waals surface area contributed by atoms with Crippen molar-refractivity contribution in [3.05, 3.63) is 48.5 Å². The fourth-order valence-corrected chi connectivity index (χ4v) is 3.19. The number of hydrogen-bond donors (Lipinski definition) is 0. The summed E-state index contributed by atoms with van der Waals surface area (Å²) in [6, 6.07) is 14.5. The summed E-state index contributed by atoms with van der Waals surface area (Å²) < 4.78 is 21.9. The molecular formula is C28H38O6. The van der Waals surface area contributed by atoms with E-state index in [0.717, 1.165) is 49.7 Å². The maximum absolute atomic E-state index is 12.2. The Morgan fingerprint density at radius 3 is 1.29 bits per heavy atom. The quantitative estimate of drug-likeness (QED) is 0.171. The third-order valence-corrected chi connectivity index (χ3v) is 5.37. The van der Waals surface area contributed by atoms with Crippen LogP contribution in [0.5, 0.6) is 11.5 Å². The van der Waals surface area contributed by atoms with Crippen LogP contribution in [0, 0.1) is 0 Å². The van der Waals surface area contributed by atoms with E-state index in [1.807, 2.05) is 24.3 Å². The van der Waals surface area contributed by atoms with Gasteiger partial charge in [-0.3, -0.25) is 0 Å². The molecule has 0 saturated heterocycles. The SMILES string of the molecule is CCCCCOC(C)C(=O)Oc1ccc(-c2ccc(OC(=O)C(C)OCCCCC)cc2)cc1. The number of ether oxygens (including phenoxy) is 4. The van der Waals surface area contributed by atoms with E-state index < -0.39 is 24.1 Å². The van der Waals surface area contributed by atoms with Crippen molar-refractivity contribution < 1.29 is 28.5 Å². The van der Waals surface area contributed by atoms with Gasteiger partial charge in [-0.2, -0.15) is 0 Å². The first-order chi connectivity index (χ1) is 16.4. The number of unbranched alkanes of at least 4 members (excludes halogenated alkanes) is 4. The first-order valence-corrected chi connectivity index (χ1v) is 12.3. The summed E-state index contributed by atoms with van der Waals surface area (Å²) in [6.07, 6.45) is 5.05. The molecule has 2 atom stereocenters. The molecule has 0 spiro atoms. The van der Waals surface area contributed by atoms with Crippen LogP contribution in [0.4, 0.5) is 0 Å². The van der Waals surface area contributed by atoms with Crippen molar-refractivity contribution in [1.29, 1.82) is 0 Å². The van der Waals surface area contributed by atoms with Gasteiger partial charge in [-0.25, -0.2) is 9.59 Å². The van der Waals surface area contributed by atoms with Gasteiger partial charge in [0.15, 0.2) is 12.2 Å². The van der Waals surface area contributed by atoms with E-state index in [0.29, 0.717) is 24.7 Å². The van der Waals surface area contributed by atoms with Crippen molar-refractivity contribution in [3.63, 3.8) is 0 Å². The third-order valence-electron chi connectivity index (χ3n) is 5.37. The second-order valence-electron chi connectivity index (χ2n) is 8.33. The van der Waals surface area contributed by atoms with E-state index >= 15 is 0 Å². The molecule has 0 aliphatic rings. The summed E-state index contributed by atoms with van der Waals surface area (Å²) in [5.41, 5.74) is 1.91. The number of esters is 2. The molecule has 2 rings (SSSR count). The van der Waals surface area contributed by atoms with Crippen LogP contribution in [0.3, 0.4) is 0 Å². The molecule has 0 aliphatic carbocycles. The van der Waals surface area contributed by atoms with Crippen molar-refractivity contribution in [1.82, 2.24) is 0 Å². The van der Waals surface area contributed by atoms with Crippen LogP contribution >= 0.6 is 0 Å². The molecule has 34 heavy (non-hydrogen) atoms. The summed E-state index contributed by atoms with van der Waals surface area (Å²) in [4.78, 5) is 24.4. The number of benzene rings is 2. The molecule has 0 aliphatic heterocycles. The van der Waals surface area contributed by atoms with Gasteiger partial charge in [-0.05, 0) is 62.1 Å². The first-order valence-electron chi connectivity index (χ1n) is 12.3. The Bertz CT molecular complexity index is 786. The molecule has 0 bridgehead atoms. The summed E-state index contributed by atoms with van der Waals surface area (Å²) >= 11 is 0. The summed E-state index contributed by atoms with van der Waals surface area (Å²) in [6.45, 7) is 8.76. The molecule has 2 aromatic rings. The van der Waals surface area contributed by atoms with Crippen LogP contribution in [0.2, 0.25) is 0 Å². The zero-order chi connectivity index (χ0) is 24.8. The molecule has 0 aromatic heterocycles. The normalized spacial score (nSPS) is 12.7. The predicted octanol–water partition coefficient (Wildman–Crippen LogP) is 6.36. The van der Waals surface area contributed by atoms with E-state index in [1.54, 1.807) is 38.1 Å². The minimum Gasteiger partial charge on any atom is -0.425 e. The lowest BCUT2D eigenvalue weighted by Crippen LogP contribution is -2.26. The molecule has 0 N–H and O–H groups in total. The van der Waals surface area contributed by atoms with E-state index in [1.165, 1.54) is 0 Å². The van der Waals surface area contributed by atoms with Crippen molar-refractivity contribution >= 4 is 11.9 Å². The lowest BCUT2D eigenvalue weighted by Gasteiger charge is -2.13. The van der Waals surface area contributed by atoms with Crippen molar-refractivity contribution in [2.75, 3.05) is 13.2 Å². The predicted molar refractivity (Wildman–Crippen MR) is 133 cm³/mol. The lowest BCUT2D eigenvalue weighted by atomic mass is 10.1. The Hall–Kier alpha value is -2.70. The summed E-state index contributed by atoms with van der Waals surface area (Å²) in [5.74, 6) is 0.130. The zero-order valence-corrected chi connectivity index (χ0v) is 20.9. The topological polar surface area (TPSA) is 71.1 Å². The Balaban J connectivity index is 1.84. The van der Waals surface area contributed by atoms with E-state index in [9.17, 15) is 9.59 Å². The summed E-state index contributed by atoms with van der Waals surface area (Å²) in [5, 5.41) is 0. The fourth-order valence-electron chi connectivity index (χ4n) is 3.19. The second-order valence-corrected chi connectivity index (χ2v) is 8.33. The van der Waals surface area contributed by atoms with Crippen LogP contribution in [0.1, 0.15) is 66.2 Å². The first kappa shape index (κ1) is 27.5. The molecule has 6 heteroatoms. The highest BCUT2D eigenvalue weighted by molar-refractivity contribution is 5.78. The van der Waals surface area contributed by atoms with Gasteiger partial charge in [0.2, 0.25) is 0 Å². The van der Waals surface area contributed by atoms with Crippen molar-refractivity contribution in [2.45, 2.75) is 78.4 Å². The number of hydrogen-bond acceptors (Lipinski definition) is 6. The average Bonchev–Trinajstić information content (AvgIpc) is 2.85. The molecule has 0 amide bonds. The third kappa shape index (κ3) is 9.65. The van der Waals surface area contributed by atoms with Crippen LogP contribution in [0.25, 0.3) is 11.1 Å². The maximum atomic E-state index is 12.2. The van der Waals surface area contributed by atoms with Crippen LogP contribution in [-0.2, 0) is 19.1 Å². The molecule has 0 radical (unpaired) electrons. The molecule has 186 valence electrons. The van der Waals surface area contributed by atoms with Crippen LogP contribution < -0.4 is 9.47 Å². The zero-order valence-electron chi connectivity index (χ0n) is 20.9. The Labute approximate surface area is 203 Å². The van der Waals surface area contributed by atoms with E-state index in [2.05, 4.69) is 13.8 Å². The van der Waals surface area contributed by atoms with Gasteiger partial charge < -0.3 is 18.9 Å². The van der Waals surface area contributed by atoms with Crippen LogP contribution in [-0.4, -0.2) is 37.4 Å². The van der Waals surface area contributed by atoms with Gasteiger partial charge in [0, 0.05) is 13.2 Å². The molecule has 6 nitrogen and oxygen atoms in total. The average molecular weight is 471 g/mol. The molecular weight excluding hydrogens is 432 g/mol. The monoisotopic (exact) mass is 470 g/mol. The maximum Gasteiger partial charge on any atom is 0.340 e. The lowest BCUT2D eigenvalue weighted by molar-refractivity contribution is -0.147. The molecule has 0 fully saturated rings. The Kier molecular flexibility index (Phi) is 12.4. The molecule has 2 unspecified atom stereocenters. The van der Waals surface area contributed by atoms with Crippen molar-refractivity contribution in [3.8, 4) is 22.6 Å². The highest BCUT2D eigenvalue weighted by Crippen LogP contribution is 2.25. The second kappa shape index (κ2) is 15.3. The number of carbonyl (C=O) groups excluding carboxylic acids is 2. The fraction of sp³-hybridized carbons (Fsp3) is 0.500. The van der Waals surface area contributed by atoms with E-state index in [-0.39, 0.29) is 0 Å². The molecule has 2 aromatic carbocycles. The highest BCUT2D eigenvalue weighted by atomic mass is 16.6. The smallest absolute Gasteiger partial charge is 0.340 e. The van der Waals surface area contributed by atoms with Gasteiger partial charge in [0.25, 0.3) is 0 Å². The van der Waals surface area contributed by atoms with Gasteiger partial charge in [-0.15, -0.1) is 0 Å². The molecule has 0 heterocycles. The Morgan fingerprint density at radius 2 is 0.971 bits per heavy atom.